The van der Waals surface area contributed by atoms with Crippen molar-refractivity contribution in [3.63, 3.8) is 0 Å². The summed E-state index contributed by atoms with van der Waals surface area (Å²) in [6, 6.07) is 11.4. The Balaban J connectivity index is 1.67. The molecule has 1 fully saturated rings. The first kappa shape index (κ1) is 21.2. The summed E-state index contributed by atoms with van der Waals surface area (Å²) in [4.78, 5) is 6.52. The Labute approximate surface area is 170 Å². The molecule has 2 aromatic carbocycles. The summed E-state index contributed by atoms with van der Waals surface area (Å²) < 4.78 is 38.2. The van der Waals surface area contributed by atoms with Gasteiger partial charge in [0.25, 0.3) is 0 Å². The highest BCUT2D eigenvalue weighted by Crippen LogP contribution is 2.25. The minimum absolute atomic E-state index is 0.00326. The fraction of sp³-hybridized carbons (Fsp3) is 0.409. The molecule has 5 nitrogen and oxygen atoms in total. The van der Waals surface area contributed by atoms with Crippen LogP contribution in [0.4, 0.5) is 8.78 Å². The second-order valence-corrected chi connectivity index (χ2v) is 7.15. The molecule has 1 saturated heterocycles. The molecule has 2 unspecified atom stereocenters. The number of methoxy groups -OCH3 is 1. The molecule has 0 spiro atoms. The third-order valence-corrected chi connectivity index (χ3v) is 4.87. The molecule has 156 valence electrons. The van der Waals surface area contributed by atoms with Crippen LogP contribution in [0.1, 0.15) is 29.7 Å². The van der Waals surface area contributed by atoms with Gasteiger partial charge in [-0.3, -0.25) is 4.99 Å². The maximum Gasteiger partial charge on any atom is 0.194 e. The van der Waals surface area contributed by atoms with Crippen molar-refractivity contribution in [2.45, 2.75) is 32.3 Å². The predicted octanol–water partition coefficient (Wildman–Crippen LogP) is 3.65. The van der Waals surface area contributed by atoms with E-state index in [1.807, 2.05) is 6.92 Å². The number of guanidine groups is 1. The monoisotopic (exact) mass is 403 g/mol. The number of nitrogens with zero attached hydrogens (tertiary/aromatic N) is 2. The van der Waals surface area contributed by atoms with Crippen molar-refractivity contribution >= 4 is 5.96 Å². The van der Waals surface area contributed by atoms with E-state index in [0.29, 0.717) is 25.2 Å². The topological polar surface area (TPSA) is 46.1 Å². The number of morpholine rings is 1. The van der Waals surface area contributed by atoms with E-state index in [0.717, 1.165) is 17.1 Å². The molecular formula is C22H27F2N3O2. The highest BCUT2D eigenvalue weighted by atomic mass is 19.1. The zero-order valence-electron chi connectivity index (χ0n) is 17.0. The van der Waals surface area contributed by atoms with Gasteiger partial charge in [0.05, 0.1) is 19.3 Å². The summed E-state index contributed by atoms with van der Waals surface area (Å²) in [6.07, 6.45) is -0.173. The predicted molar refractivity (Wildman–Crippen MR) is 109 cm³/mol. The van der Waals surface area contributed by atoms with Crippen LogP contribution in [0.2, 0.25) is 0 Å². The molecule has 2 aromatic rings. The summed E-state index contributed by atoms with van der Waals surface area (Å²) >= 11 is 0. The average molecular weight is 403 g/mol. The lowest BCUT2D eigenvalue weighted by Crippen LogP contribution is -2.50. The maximum absolute atomic E-state index is 13.8. The molecule has 0 bridgehead atoms. The normalized spacial score (nSPS) is 20.0. The molecule has 2 atom stereocenters. The Bertz CT molecular complexity index is 842. The number of rotatable bonds is 5. The number of benzene rings is 2. The standard InChI is InChI=1S/C22H27F2N3O2/c1-15-12-27(13-21(29-15)17-5-7-19(23)8-6-17)22(25-2)26-11-16-4-9-20(24)18(10-16)14-28-3/h4-10,15,21H,11-14H2,1-3H3,(H,25,26). The van der Waals surface area contributed by atoms with Crippen molar-refractivity contribution in [2.24, 2.45) is 4.99 Å². The van der Waals surface area contributed by atoms with Crippen molar-refractivity contribution < 1.29 is 18.3 Å². The van der Waals surface area contributed by atoms with E-state index in [1.54, 1.807) is 38.4 Å². The van der Waals surface area contributed by atoms with Crippen LogP contribution in [0.5, 0.6) is 0 Å². The fourth-order valence-corrected chi connectivity index (χ4v) is 3.50. The molecule has 0 aromatic heterocycles. The maximum atomic E-state index is 13.8. The zero-order chi connectivity index (χ0) is 20.8. The second-order valence-electron chi connectivity index (χ2n) is 7.15. The van der Waals surface area contributed by atoms with Gasteiger partial charge in [-0.05, 0) is 42.3 Å². The van der Waals surface area contributed by atoms with Crippen molar-refractivity contribution in [3.05, 3.63) is 70.8 Å². The Morgan fingerprint density at radius 3 is 2.66 bits per heavy atom. The van der Waals surface area contributed by atoms with Crippen LogP contribution in [0, 0.1) is 11.6 Å². The molecular weight excluding hydrogens is 376 g/mol. The van der Waals surface area contributed by atoms with E-state index < -0.39 is 0 Å². The lowest BCUT2D eigenvalue weighted by atomic mass is 10.1. The summed E-state index contributed by atoms with van der Waals surface area (Å²) in [7, 11) is 3.28. The molecule has 0 radical (unpaired) electrons. The van der Waals surface area contributed by atoms with Crippen molar-refractivity contribution in [2.75, 3.05) is 27.2 Å². The van der Waals surface area contributed by atoms with Crippen LogP contribution in [-0.2, 0) is 22.6 Å². The number of nitrogens with one attached hydrogen (secondary N) is 1. The van der Waals surface area contributed by atoms with Crippen molar-refractivity contribution in [3.8, 4) is 0 Å². The number of hydrogen-bond acceptors (Lipinski definition) is 3. The minimum atomic E-state index is -0.274. The lowest BCUT2D eigenvalue weighted by molar-refractivity contribution is -0.0605. The Kier molecular flexibility index (Phi) is 7.17. The van der Waals surface area contributed by atoms with Gasteiger partial charge in [0.15, 0.2) is 5.96 Å². The van der Waals surface area contributed by atoms with Crippen LogP contribution in [0.25, 0.3) is 0 Å². The number of aliphatic imine (C=N–C) groups is 1. The van der Waals surface area contributed by atoms with Gasteiger partial charge in [-0.25, -0.2) is 8.78 Å². The van der Waals surface area contributed by atoms with Gasteiger partial charge >= 0.3 is 0 Å². The Morgan fingerprint density at radius 2 is 1.97 bits per heavy atom. The molecule has 1 N–H and O–H groups in total. The molecule has 1 heterocycles. The SMILES string of the molecule is CN=C(NCc1ccc(F)c(COC)c1)N1CC(C)OC(c2ccc(F)cc2)C1. The quantitative estimate of drug-likeness (QED) is 0.612. The molecule has 7 heteroatoms. The van der Waals surface area contributed by atoms with Gasteiger partial charge in [0, 0.05) is 32.8 Å². The van der Waals surface area contributed by atoms with Gasteiger partial charge < -0.3 is 19.7 Å². The smallest absolute Gasteiger partial charge is 0.194 e. The van der Waals surface area contributed by atoms with Gasteiger partial charge in [-0.2, -0.15) is 0 Å². The van der Waals surface area contributed by atoms with E-state index in [2.05, 4.69) is 15.2 Å². The van der Waals surface area contributed by atoms with Gasteiger partial charge in [-0.1, -0.05) is 18.2 Å². The van der Waals surface area contributed by atoms with Crippen LogP contribution >= 0.6 is 0 Å². The summed E-state index contributed by atoms with van der Waals surface area (Å²) in [5.74, 6) is 0.202. The third kappa shape index (κ3) is 5.52. The lowest BCUT2D eigenvalue weighted by Gasteiger charge is -2.38. The van der Waals surface area contributed by atoms with Crippen LogP contribution in [0.15, 0.2) is 47.5 Å². The van der Waals surface area contributed by atoms with Crippen LogP contribution in [-0.4, -0.2) is 44.2 Å². The third-order valence-electron chi connectivity index (χ3n) is 4.87. The molecule has 0 saturated carbocycles. The molecule has 1 aliphatic rings. The van der Waals surface area contributed by atoms with E-state index in [4.69, 9.17) is 9.47 Å². The highest BCUT2D eigenvalue weighted by molar-refractivity contribution is 5.80. The van der Waals surface area contributed by atoms with Crippen molar-refractivity contribution in [1.82, 2.24) is 10.2 Å². The molecule has 0 amide bonds. The first-order valence-corrected chi connectivity index (χ1v) is 9.63. The fourth-order valence-electron chi connectivity index (χ4n) is 3.50. The molecule has 0 aliphatic carbocycles. The average Bonchev–Trinajstić information content (AvgIpc) is 2.71. The van der Waals surface area contributed by atoms with Crippen molar-refractivity contribution in [1.29, 1.82) is 0 Å². The minimum Gasteiger partial charge on any atom is -0.380 e. The molecule has 1 aliphatic heterocycles. The molecule has 29 heavy (non-hydrogen) atoms. The number of halogens is 2. The highest BCUT2D eigenvalue weighted by Gasteiger charge is 2.28. The van der Waals surface area contributed by atoms with E-state index in [9.17, 15) is 8.78 Å². The zero-order valence-corrected chi connectivity index (χ0v) is 17.0. The van der Waals surface area contributed by atoms with Crippen LogP contribution in [0.3, 0.4) is 0 Å². The largest absolute Gasteiger partial charge is 0.380 e. The first-order chi connectivity index (χ1) is 14.0. The Morgan fingerprint density at radius 1 is 1.21 bits per heavy atom. The first-order valence-electron chi connectivity index (χ1n) is 9.63. The van der Waals surface area contributed by atoms with E-state index >= 15 is 0 Å². The molecule has 3 rings (SSSR count). The summed E-state index contributed by atoms with van der Waals surface area (Å²) in [6.45, 7) is 4.04. The number of ether oxygens (including phenoxy) is 2. The number of hydrogen-bond donors (Lipinski definition) is 1. The van der Waals surface area contributed by atoms with Gasteiger partial charge in [0.1, 0.15) is 17.7 Å². The summed E-state index contributed by atoms with van der Waals surface area (Å²) in [5, 5.41) is 3.34. The van der Waals surface area contributed by atoms with Gasteiger partial charge in [0.2, 0.25) is 0 Å². The van der Waals surface area contributed by atoms with E-state index in [-0.39, 0.29) is 30.4 Å². The second kappa shape index (κ2) is 9.80. The van der Waals surface area contributed by atoms with Gasteiger partial charge in [-0.15, -0.1) is 0 Å². The Hall–Kier alpha value is -2.51. The van der Waals surface area contributed by atoms with E-state index in [1.165, 1.54) is 18.2 Å². The summed E-state index contributed by atoms with van der Waals surface area (Å²) in [5.41, 5.74) is 2.40. The van der Waals surface area contributed by atoms with Crippen LogP contribution < -0.4 is 5.32 Å².